The lowest BCUT2D eigenvalue weighted by Crippen LogP contribution is -2.16. The largest absolute Gasteiger partial charge is 0.369 e. The molecule has 2 N–H and O–H groups in total. The summed E-state index contributed by atoms with van der Waals surface area (Å²) in [6, 6.07) is 0. The highest BCUT2D eigenvalue weighted by atomic mass is 16.1. The van der Waals surface area contributed by atoms with Crippen LogP contribution in [0.15, 0.2) is 0 Å². The van der Waals surface area contributed by atoms with Gasteiger partial charge in [-0.15, -0.1) is 5.10 Å². The number of hydrogen-bond acceptors (Lipinski definition) is 3. The van der Waals surface area contributed by atoms with E-state index in [9.17, 15) is 4.79 Å². The smallest absolute Gasteiger partial charge is 0.223 e. The summed E-state index contributed by atoms with van der Waals surface area (Å²) in [6.45, 7) is 5.15. The molecule has 0 atom stereocenters. The average molecular weight is 222 g/mol. The molecule has 16 heavy (non-hydrogen) atoms. The van der Waals surface area contributed by atoms with Gasteiger partial charge in [0.25, 0.3) is 0 Å². The summed E-state index contributed by atoms with van der Waals surface area (Å²) in [5.74, 6) is 0.738. The summed E-state index contributed by atoms with van der Waals surface area (Å²) >= 11 is 0. The molecule has 1 aromatic rings. The first kappa shape index (κ1) is 11.1. The Bertz CT molecular complexity index is 393. The minimum atomic E-state index is -0.335. The van der Waals surface area contributed by atoms with Crippen molar-refractivity contribution in [3.63, 3.8) is 0 Å². The van der Waals surface area contributed by atoms with E-state index < -0.39 is 0 Å². The van der Waals surface area contributed by atoms with Crippen LogP contribution >= 0.6 is 0 Å². The fourth-order valence-electron chi connectivity index (χ4n) is 1.93. The molecule has 0 aromatic carbocycles. The number of nitrogens with zero attached hydrogens (tertiary/aromatic N) is 3. The molecule has 0 radical (unpaired) electrons. The van der Waals surface area contributed by atoms with Crippen LogP contribution in [0.5, 0.6) is 0 Å². The molecule has 0 aliphatic heterocycles. The van der Waals surface area contributed by atoms with Crippen molar-refractivity contribution in [2.75, 3.05) is 0 Å². The molecule has 2 rings (SSSR count). The van der Waals surface area contributed by atoms with Crippen LogP contribution in [0.3, 0.4) is 0 Å². The van der Waals surface area contributed by atoms with Crippen LogP contribution in [0.25, 0.3) is 0 Å². The van der Waals surface area contributed by atoms with Crippen LogP contribution in [0.4, 0.5) is 0 Å². The van der Waals surface area contributed by atoms with E-state index in [-0.39, 0.29) is 12.3 Å². The van der Waals surface area contributed by atoms with Gasteiger partial charge >= 0.3 is 0 Å². The molecule has 0 bridgehead atoms. The Hall–Kier alpha value is -1.39. The number of primary amides is 1. The Labute approximate surface area is 95.0 Å². The zero-order chi connectivity index (χ0) is 11.7. The van der Waals surface area contributed by atoms with E-state index in [4.69, 9.17) is 5.73 Å². The number of hydrogen-bond donors (Lipinski definition) is 1. The number of carbonyl (C=O) groups excluding carboxylic acids is 1. The van der Waals surface area contributed by atoms with Gasteiger partial charge < -0.3 is 5.73 Å². The van der Waals surface area contributed by atoms with Crippen molar-refractivity contribution in [3.05, 3.63) is 11.4 Å². The maximum Gasteiger partial charge on any atom is 0.223 e. The lowest BCUT2D eigenvalue weighted by atomic mass is 10.1. The highest BCUT2D eigenvalue weighted by Crippen LogP contribution is 2.41. The van der Waals surface area contributed by atoms with Crippen LogP contribution in [-0.4, -0.2) is 20.9 Å². The molecule has 1 aliphatic carbocycles. The lowest BCUT2D eigenvalue weighted by Gasteiger charge is -2.08. The third-order valence-electron chi connectivity index (χ3n) is 2.69. The van der Waals surface area contributed by atoms with Crippen LogP contribution in [0.1, 0.15) is 44.0 Å². The van der Waals surface area contributed by atoms with Gasteiger partial charge in [-0.2, -0.15) is 0 Å². The minimum absolute atomic E-state index is 0.212. The maximum atomic E-state index is 10.9. The number of rotatable bonds is 5. The third-order valence-corrected chi connectivity index (χ3v) is 2.69. The van der Waals surface area contributed by atoms with Crippen molar-refractivity contribution in [1.82, 2.24) is 15.0 Å². The molecular weight excluding hydrogens is 204 g/mol. The van der Waals surface area contributed by atoms with E-state index in [1.54, 1.807) is 0 Å². The zero-order valence-corrected chi connectivity index (χ0v) is 9.81. The molecule has 0 unspecified atom stereocenters. The molecule has 5 nitrogen and oxygen atoms in total. The minimum Gasteiger partial charge on any atom is -0.369 e. The summed E-state index contributed by atoms with van der Waals surface area (Å²) in [4.78, 5) is 10.9. The van der Waals surface area contributed by atoms with Crippen molar-refractivity contribution >= 4 is 5.91 Å². The normalized spacial score (nSPS) is 15.7. The van der Waals surface area contributed by atoms with Crippen molar-refractivity contribution < 1.29 is 4.79 Å². The van der Waals surface area contributed by atoms with E-state index in [1.165, 1.54) is 12.8 Å². The van der Waals surface area contributed by atoms with Crippen LogP contribution in [0.2, 0.25) is 0 Å². The Balaban J connectivity index is 2.24. The summed E-state index contributed by atoms with van der Waals surface area (Å²) in [6.07, 6.45) is 2.57. The van der Waals surface area contributed by atoms with Gasteiger partial charge in [0.1, 0.15) is 0 Å². The van der Waals surface area contributed by atoms with Crippen molar-refractivity contribution in [2.45, 2.75) is 45.6 Å². The number of aromatic nitrogens is 3. The summed E-state index contributed by atoms with van der Waals surface area (Å²) in [5.41, 5.74) is 7.11. The molecule has 0 spiro atoms. The van der Waals surface area contributed by atoms with Crippen LogP contribution in [0, 0.1) is 5.92 Å². The van der Waals surface area contributed by atoms with Gasteiger partial charge in [-0.3, -0.25) is 4.79 Å². The molecule has 1 aromatic heterocycles. The van der Waals surface area contributed by atoms with Crippen molar-refractivity contribution in [3.8, 4) is 0 Å². The Morgan fingerprint density at radius 2 is 2.25 bits per heavy atom. The lowest BCUT2D eigenvalue weighted by molar-refractivity contribution is -0.117. The standard InChI is InChI=1S/C11H18N4O/c1-7(2)6-15-11(8-3-4-8)9(13-14-15)5-10(12)16/h7-8H,3-6H2,1-2H3,(H2,12,16). The quantitative estimate of drug-likeness (QED) is 0.802. The van der Waals surface area contributed by atoms with E-state index >= 15 is 0 Å². The average Bonchev–Trinajstić information content (AvgIpc) is 2.91. The summed E-state index contributed by atoms with van der Waals surface area (Å²) in [5, 5.41) is 8.21. The molecule has 1 saturated carbocycles. The second-order valence-corrected chi connectivity index (χ2v) is 4.91. The van der Waals surface area contributed by atoms with Gasteiger partial charge in [0.2, 0.25) is 5.91 Å². The Morgan fingerprint density at radius 3 is 2.75 bits per heavy atom. The molecule has 1 aliphatic rings. The number of carbonyl (C=O) groups is 1. The molecule has 1 heterocycles. The summed E-state index contributed by atoms with van der Waals surface area (Å²) in [7, 11) is 0. The molecule has 1 fully saturated rings. The molecule has 88 valence electrons. The van der Waals surface area contributed by atoms with Gasteiger partial charge in [-0.25, -0.2) is 4.68 Å². The third kappa shape index (κ3) is 2.40. The van der Waals surface area contributed by atoms with E-state index in [0.29, 0.717) is 11.8 Å². The van der Waals surface area contributed by atoms with Crippen molar-refractivity contribution in [2.24, 2.45) is 11.7 Å². The van der Waals surface area contributed by atoms with Gasteiger partial charge in [0, 0.05) is 12.5 Å². The first-order valence-corrected chi connectivity index (χ1v) is 5.78. The number of nitrogens with two attached hydrogens (primary N) is 1. The highest BCUT2D eigenvalue weighted by Gasteiger charge is 2.31. The predicted octanol–water partition coefficient (Wildman–Crippen LogP) is 0.839. The molecule has 5 heteroatoms. The monoisotopic (exact) mass is 222 g/mol. The Morgan fingerprint density at radius 1 is 1.56 bits per heavy atom. The SMILES string of the molecule is CC(C)Cn1nnc(CC(N)=O)c1C1CC1. The molecule has 0 saturated heterocycles. The van der Waals surface area contributed by atoms with Crippen LogP contribution in [-0.2, 0) is 17.8 Å². The predicted molar refractivity (Wildman–Crippen MR) is 59.7 cm³/mol. The van der Waals surface area contributed by atoms with E-state index in [1.807, 2.05) is 4.68 Å². The summed E-state index contributed by atoms with van der Waals surface area (Å²) < 4.78 is 1.95. The van der Waals surface area contributed by atoms with Crippen molar-refractivity contribution in [1.29, 1.82) is 0 Å². The first-order valence-electron chi connectivity index (χ1n) is 5.78. The van der Waals surface area contributed by atoms with Gasteiger partial charge in [-0.1, -0.05) is 19.1 Å². The van der Waals surface area contributed by atoms with E-state index in [0.717, 1.165) is 17.9 Å². The van der Waals surface area contributed by atoms with Gasteiger partial charge in [-0.05, 0) is 18.8 Å². The van der Waals surface area contributed by atoms with Gasteiger partial charge in [0.05, 0.1) is 17.8 Å². The fraction of sp³-hybridized carbons (Fsp3) is 0.727. The van der Waals surface area contributed by atoms with Gasteiger partial charge in [0.15, 0.2) is 0 Å². The maximum absolute atomic E-state index is 10.9. The molecular formula is C11H18N4O. The van der Waals surface area contributed by atoms with Crippen LogP contribution < -0.4 is 5.73 Å². The first-order chi connectivity index (χ1) is 7.58. The number of amides is 1. The van der Waals surface area contributed by atoms with E-state index in [2.05, 4.69) is 24.2 Å². The topological polar surface area (TPSA) is 73.8 Å². The fourth-order valence-corrected chi connectivity index (χ4v) is 1.93. The Kier molecular flexibility index (Phi) is 2.94. The second-order valence-electron chi connectivity index (χ2n) is 4.91. The molecule has 1 amide bonds. The second kappa shape index (κ2) is 4.23. The zero-order valence-electron chi connectivity index (χ0n) is 9.81. The highest BCUT2D eigenvalue weighted by molar-refractivity contribution is 5.76.